The van der Waals surface area contributed by atoms with E-state index in [0.717, 1.165) is 16.7 Å². The highest BCUT2D eigenvalue weighted by Crippen LogP contribution is 2.47. The fraction of sp³-hybridized carbons (Fsp3) is 0.333. The number of hydrogen-bond donors (Lipinski definition) is 3. The van der Waals surface area contributed by atoms with Crippen LogP contribution in [0.3, 0.4) is 0 Å². The van der Waals surface area contributed by atoms with Crippen molar-refractivity contribution < 1.29 is 23.9 Å². The van der Waals surface area contributed by atoms with Crippen LogP contribution in [0.2, 0.25) is 0 Å². The second-order valence-electron chi connectivity index (χ2n) is 11.4. The van der Waals surface area contributed by atoms with Crippen molar-refractivity contribution in [3.8, 4) is 5.75 Å². The summed E-state index contributed by atoms with van der Waals surface area (Å²) in [6.07, 6.45) is 3.88. The molecule has 3 aromatic rings. The number of fused-ring (bicyclic) bond motifs is 3. The molecule has 0 bridgehead atoms. The molecule has 2 aromatic carbocycles. The van der Waals surface area contributed by atoms with Gasteiger partial charge in [0.1, 0.15) is 12.4 Å². The van der Waals surface area contributed by atoms with Gasteiger partial charge in [-0.3, -0.25) is 14.4 Å². The molecule has 0 radical (unpaired) electrons. The number of rotatable bonds is 4. The van der Waals surface area contributed by atoms with Gasteiger partial charge in [-0.15, -0.1) is 0 Å². The molecule has 1 spiro atoms. The molecule has 3 heterocycles. The van der Waals surface area contributed by atoms with Crippen LogP contribution in [0.4, 0.5) is 15.9 Å². The number of halogens is 1. The van der Waals surface area contributed by atoms with Gasteiger partial charge in [0.25, 0.3) is 0 Å². The molecule has 3 N–H and O–H groups in total. The zero-order chi connectivity index (χ0) is 27.5. The van der Waals surface area contributed by atoms with E-state index in [0.29, 0.717) is 42.8 Å². The summed E-state index contributed by atoms with van der Waals surface area (Å²) >= 11 is 0. The summed E-state index contributed by atoms with van der Waals surface area (Å²) in [6, 6.07) is 13.0. The fourth-order valence-corrected chi connectivity index (χ4v) is 6.25. The third-order valence-corrected chi connectivity index (χ3v) is 8.39. The number of phenolic OH excluding ortho intramolecular Hbond substituents is 1. The number of anilines is 2. The first-order chi connectivity index (χ1) is 18.6. The van der Waals surface area contributed by atoms with Crippen LogP contribution in [0, 0.1) is 11.2 Å². The van der Waals surface area contributed by atoms with Crippen molar-refractivity contribution in [3.63, 3.8) is 0 Å². The molecule has 3 aliphatic rings. The van der Waals surface area contributed by atoms with Crippen LogP contribution < -0.4 is 10.6 Å². The Bertz CT molecular complexity index is 1540. The first-order valence-electron chi connectivity index (χ1n) is 13.1. The minimum atomic E-state index is -0.764. The quantitative estimate of drug-likeness (QED) is 0.469. The molecular weight excluding hydrogens is 499 g/mol. The molecule has 1 aromatic heterocycles. The summed E-state index contributed by atoms with van der Waals surface area (Å²) in [6.45, 7) is 3.49. The number of carbonyl (C=O) groups excluding carboxylic acids is 3. The highest BCUT2D eigenvalue weighted by atomic mass is 19.1. The van der Waals surface area contributed by atoms with Crippen molar-refractivity contribution in [3.05, 3.63) is 82.8 Å². The minimum Gasteiger partial charge on any atom is -0.505 e. The maximum absolute atomic E-state index is 14.1. The molecule has 200 valence electrons. The Morgan fingerprint density at radius 3 is 2.74 bits per heavy atom. The largest absolute Gasteiger partial charge is 0.505 e. The van der Waals surface area contributed by atoms with E-state index in [9.17, 15) is 23.9 Å². The number of likely N-dealkylation sites (tertiary alicyclic amines) is 1. The third-order valence-electron chi connectivity index (χ3n) is 8.39. The Hall–Kier alpha value is -4.27. The summed E-state index contributed by atoms with van der Waals surface area (Å²) < 4.78 is 14.1. The minimum absolute atomic E-state index is 0.0686. The maximum atomic E-state index is 14.1. The third kappa shape index (κ3) is 4.13. The van der Waals surface area contributed by atoms with Crippen LogP contribution in [0.1, 0.15) is 55.0 Å². The molecule has 9 heteroatoms. The van der Waals surface area contributed by atoms with E-state index in [4.69, 9.17) is 0 Å². The second-order valence-corrected chi connectivity index (χ2v) is 11.4. The number of hydrogen-bond acceptors (Lipinski definition) is 5. The van der Waals surface area contributed by atoms with Crippen LogP contribution in [0.15, 0.2) is 54.7 Å². The van der Waals surface area contributed by atoms with Gasteiger partial charge in [-0.1, -0.05) is 32.0 Å². The molecule has 39 heavy (non-hydrogen) atoms. The highest BCUT2D eigenvalue weighted by molar-refractivity contribution is 6.06. The molecule has 1 fully saturated rings. The maximum Gasteiger partial charge on any atom is 0.244 e. The lowest BCUT2D eigenvalue weighted by Gasteiger charge is -2.43. The first kappa shape index (κ1) is 25.0. The number of nitrogens with one attached hydrogen (secondary N) is 2. The van der Waals surface area contributed by atoms with Gasteiger partial charge in [-0.2, -0.15) is 0 Å². The van der Waals surface area contributed by atoms with Gasteiger partial charge in [-0.25, -0.2) is 9.37 Å². The van der Waals surface area contributed by atoms with Gasteiger partial charge in [0.2, 0.25) is 17.7 Å². The number of pyridine rings is 1. The Morgan fingerprint density at radius 2 is 1.95 bits per heavy atom. The number of benzene rings is 2. The fourth-order valence-electron chi connectivity index (χ4n) is 6.25. The zero-order valence-electron chi connectivity index (χ0n) is 21.8. The molecule has 0 saturated carbocycles. The van der Waals surface area contributed by atoms with E-state index in [1.807, 2.05) is 44.2 Å². The summed E-state index contributed by atoms with van der Waals surface area (Å²) in [5.74, 6) is -1.25. The smallest absolute Gasteiger partial charge is 0.244 e. The van der Waals surface area contributed by atoms with Gasteiger partial charge < -0.3 is 20.6 Å². The Morgan fingerprint density at radius 1 is 1.15 bits per heavy atom. The average Bonchev–Trinajstić information content (AvgIpc) is 3.41. The van der Waals surface area contributed by atoms with Crippen molar-refractivity contribution in [2.45, 2.75) is 51.0 Å². The number of carbonyl (C=O) groups is 3. The predicted octanol–water partition coefficient (Wildman–Crippen LogP) is 4.24. The van der Waals surface area contributed by atoms with Crippen molar-refractivity contribution >= 4 is 29.2 Å². The Labute approximate surface area is 225 Å². The van der Waals surface area contributed by atoms with Crippen LogP contribution in [0.5, 0.6) is 5.75 Å². The SMILES string of the molecule is CC1(C)CCC(c2ccc(O)c(F)c2)N(CC(=O)Nc2ccc3c(c2)CC2(C3)C(=O)Nc3ncccc32)C1=O. The number of amides is 3. The number of nitrogens with zero attached hydrogens (tertiary/aromatic N) is 2. The summed E-state index contributed by atoms with van der Waals surface area (Å²) in [4.78, 5) is 45.4. The van der Waals surface area contributed by atoms with Crippen LogP contribution in [0.25, 0.3) is 0 Å². The molecule has 2 atom stereocenters. The van der Waals surface area contributed by atoms with Crippen molar-refractivity contribution in [1.29, 1.82) is 0 Å². The highest BCUT2D eigenvalue weighted by Gasteiger charge is 2.51. The second kappa shape index (κ2) is 8.90. The molecule has 1 aliphatic carbocycles. The van der Waals surface area contributed by atoms with E-state index >= 15 is 0 Å². The topological polar surface area (TPSA) is 112 Å². The van der Waals surface area contributed by atoms with E-state index in [2.05, 4.69) is 15.6 Å². The normalized spacial score (nSPS) is 22.9. The van der Waals surface area contributed by atoms with Crippen molar-refractivity contribution in [2.75, 3.05) is 17.2 Å². The van der Waals surface area contributed by atoms with Gasteiger partial charge in [0.05, 0.1) is 11.5 Å². The van der Waals surface area contributed by atoms with Gasteiger partial charge in [0.15, 0.2) is 11.6 Å². The van der Waals surface area contributed by atoms with E-state index in [1.54, 1.807) is 12.3 Å². The lowest BCUT2D eigenvalue weighted by Crippen LogP contribution is -2.50. The lowest BCUT2D eigenvalue weighted by atomic mass is 9.78. The molecular formula is C30H29FN4O4. The molecule has 2 unspecified atom stereocenters. The standard InChI is InChI=1S/C30H29FN4O4/c1-29(2)10-9-23(17-6-8-24(36)22(31)13-17)35(28(29)39)16-25(37)33-20-7-5-18-14-30(15-19(18)12-20)21-4-3-11-32-26(21)34-27(30)38/h3-8,11-13,23,36H,9-10,14-16H2,1-2H3,(H,33,37)(H,32,34,38). The van der Waals surface area contributed by atoms with Crippen molar-refractivity contribution in [2.24, 2.45) is 5.41 Å². The summed E-state index contributed by atoms with van der Waals surface area (Å²) in [5.41, 5.74) is 2.67. The van der Waals surface area contributed by atoms with Gasteiger partial charge in [-0.05, 0) is 72.7 Å². The van der Waals surface area contributed by atoms with E-state index in [1.165, 1.54) is 17.0 Å². The van der Waals surface area contributed by atoms with Crippen LogP contribution in [-0.4, -0.2) is 39.3 Å². The monoisotopic (exact) mass is 528 g/mol. The van der Waals surface area contributed by atoms with Crippen LogP contribution in [-0.2, 0) is 32.6 Å². The van der Waals surface area contributed by atoms with Gasteiger partial charge >= 0.3 is 0 Å². The number of phenols is 1. The van der Waals surface area contributed by atoms with Gasteiger partial charge in [0, 0.05) is 22.9 Å². The van der Waals surface area contributed by atoms with Crippen molar-refractivity contribution in [1.82, 2.24) is 9.88 Å². The number of aromatic hydroxyl groups is 1. The molecule has 2 aliphatic heterocycles. The predicted molar refractivity (Wildman–Crippen MR) is 143 cm³/mol. The van der Waals surface area contributed by atoms with Crippen LogP contribution >= 0.6 is 0 Å². The Kier molecular flexibility index (Phi) is 5.71. The number of aromatic nitrogens is 1. The zero-order valence-corrected chi connectivity index (χ0v) is 21.8. The Balaban J connectivity index is 1.21. The first-order valence-corrected chi connectivity index (χ1v) is 13.1. The molecule has 6 rings (SSSR count). The molecule has 1 saturated heterocycles. The lowest BCUT2D eigenvalue weighted by molar-refractivity contribution is -0.150. The summed E-state index contributed by atoms with van der Waals surface area (Å²) in [7, 11) is 0. The molecule has 8 nitrogen and oxygen atoms in total. The molecule has 3 amide bonds. The summed E-state index contributed by atoms with van der Waals surface area (Å²) in [5, 5.41) is 15.4. The van der Waals surface area contributed by atoms with E-state index in [-0.39, 0.29) is 24.3 Å². The number of piperidine rings is 1. The van der Waals surface area contributed by atoms with E-state index < -0.39 is 28.4 Å². The average molecular weight is 529 g/mol.